The number of amides is 1. The third kappa shape index (κ3) is 5.96. The summed E-state index contributed by atoms with van der Waals surface area (Å²) in [4.78, 5) is 36.0. The van der Waals surface area contributed by atoms with Crippen molar-refractivity contribution < 1.29 is 24.6 Å². The minimum Gasteiger partial charge on any atom is -0.481 e. The van der Waals surface area contributed by atoms with Gasteiger partial charge in [-0.3, -0.25) is 14.4 Å². The smallest absolute Gasteiger partial charge is 0.306 e. The van der Waals surface area contributed by atoms with Crippen LogP contribution in [0.1, 0.15) is 51.0 Å². The Hall–Kier alpha value is -3.15. The molecular formula is C26H31NO5. The summed E-state index contributed by atoms with van der Waals surface area (Å²) < 4.78 is 0. The average molecular weight is 438 g/mol. The van der Waals surface area contributed by atoms with Crippen LogP contribution >= 0.6 is 0 Å². The summed E-state index contributed by atoms with van der Waals surface area (Å²) in [7, 11) is 0. The number of carbonyl (C=O) groups excluding carboxylic acids is 1. The molecule has 3 N–H and O–H groups in total. The molecule has 0 radical (unpaired) electrons. The van der Waals surface area contributed by atoms with E-state index >= 15 is 0 Å². The molecule has 0 spiro atoms. The van der Waals surface area contributed by atoms with Gasteiger partial charge in [0, 0.05) is 6.04 Å². The van der Waals surface area contributed by atoms with Crippen molar-refractivity contribution in [3.63, 3.8) is 0 Å². The normalized spacial score (nSPS) is 16.8. The van der Waals surface area contributed by atoms with Crippen molar-refractivity contribution >= 4 is 17.8 Å². The first-order chi connectivity index (χ1) is 15.3. The molecule has 0 aromatic heterocycles. The topological polar surface area (TPSA) is 104 Å². The summed E-state index contributed by atoms with van der Waals surface area (Å²) in [6.45, 7) is 1.63. The quantitative estimate of drug-likeness (QED) is 0.507. The van der Waals surface area contributed by atoms with Crippen molar-refractivity contribution in [2.75, 3.05) is 0 Å². The second-order valence-corrected chi connectivity index (χ2v) is 8.97. The maximum absolute atomic E-state index is 13.2. The van der Waals surface area contributed by atoms with Crippen LogP contribution in [0.3, 0.4) is 0 Å². The zero-order valence-corrected chi connectivity index (χ0v) is 18.4. The van der Waals surface area contributed by atoms with E-state index in [9.17, 15) is 24.6 Å². The van der Waals surface area contributed by atoms with Crippen molar-refractivity contribution in [1.82, 2.24) is 5.32 Å². The van der Waals surface area contributed by atoms with Crippen LogP contribution < -0.4 is 5.32 Å². The summed E-state index contributed by atoms with van der Waals surface area (Å²) >= 11 is 0. The minimum atomic E-state index is -0.978. The van der Waals surface area contributed by atoms with Gasteiger partial charge < -0.3 is 15.5 Å². The minimum absolute atomic E-state index is 0.189. The Labute approximate surface area is 188 Å². The van der Waals surface area contributed by atoms with Crippen molar-refractivity contribution in [2.24, 2.45) is 11.3 Å². The fraction of sp³-hybridized carbons (Fsp3) is 0.423. The van der Waals surface area contributed by atoms with Crippen LogP contribution in [0.2, 0.25) is 0 Å². The fourth-order valence-electron chi connectivity index (χ4n) is 4.63. The molecule has 0 aliphatic heterocycles. The monoisotopic (exact) mass is 437 g/mol. The molecule has 170 valence electrons. The predicted octanol–water partition coefficient (Wildman–Crippen LogP) is 4.53. The van der Waals surface area contributed by atoms with Crippen LogP contribution in [-0.2, 0) is 20.8 Å². The molecule has 6 heteroatoms. The number of carbonyl (C=O) groups is 3. The Bertz CT molecular complexity index is 932. The van der Waals surface area contributed by atoms with E-state index in [0.717, 1.165) is 29.5 Å². The first kappa shape index (κ1) is 23.5. The lowest BCUT2D eigenvalue weighted by Crippen LogP contribution is -2.47. The maximum Gasteiger partial charge on any atom is 0.306 e. The molecule has 32 heavy (non-hydrogen) atoms. The maximum atomic E-state index is 13.2. The van der Waals surface area contributed by atoms with Crippen LogP contribution in [0.25, 0.3) is 11.1 Å². The van der Waals surface area contributed by atoms with Crippen molar-refractivity contribution in [3.05, 3.63) is 60.2 Å². The van der Waals surface area contributed by atoms with E-state index in [4.69, 9.17) is 0 Å². The summed E-state index contributed by atoms with van der Waals surface area (Å²) in [5, 5.41) is 21.7. The molecule has 0 saturated heterocycles. The number of carboxylic acids is 2. The predicted molar refractivity (Wildman–Crippen MR) is 122 cm³/mol. The van der Waals surface area contributed by atoms with Gasteiger partial charge in [0.15, 0.2) is 0 Å². The summed E-state index contributed by atoms with van der Waals surface area (Å²) in [5.41, 5.74) is 2.29. The SMILES string of the molecule is C[C@H](CC(Cc1ccc(-c2ccccc2)cc1)NC(=O)C1(CC(=O)O)CCCC1)C(=O)O. The van der Waals surface area contributed by atoms with E-state index in [1.807, 2.05) is 54.6 Å². The Morgan fingerprint density at radius 3 is 2.09 bits per heavy atom. The molecule has 1 aliphatic rings. The highest BCUT2D eigenvalue weighted by atomic mass is 16.4. The second-order valence-electron chi connectivity index (χ2n) is 8.97. The molecule has 2 aromatic carbocycles. The molecule has 0 heterocycles. The molecule has 1 aliphatic carbocycles. The highest BCUT2D eigenvalue weighted by Gasteiger charge is 2.43. The zero-order valence-electron chi connectivity index (χ0n) is 18.4. The molecular weight excluding hydrogens is 406 g/mol. The van der Waals surface area contributed by atoms with Gasteiger partial charge in [0.2, 0.25) is 5.91 Å². The number of benzene rings is 2. The first-order valence-electron chi connectivity index (χ1n) is 11.2. The Morgan fingerprint density at radius 2 is 1.53 bits per heavy atom. The van der Waals surface area contributed by atoms with Crippen LogP contribution in [0.15, 0.2) is 54.6 Å². The molecule has 1 unspecified atom stereocenters. The molecule has 2 atom stereocenters. The van der Waals surface area contributed by atoms with E-state index in [0.29, 0.717) is 19.3 Å². The number of carboxylic acid groups (broad SMARTS) is 2. The number of hydrogen-bond acceptors (Lipinski definition) is 3. The van der Waals surface area contributed by atoms with E-state index in [1.54, 1.807) is 6.92 Å². The second kappa shape index (κ2) is 10.4. The molecule has 1 amide bonds. The lowest BCUT2D eigenvalue weighted by Gasteiger charge is -2.30. The van der Waals surface area contributed by atoms with Gasteiger partial charge in [-0.15, -0.1) is 0 Å². The molecule has 3 rings (SSSR count). The Balaban J connectivity index is 1.76. The van der Waals surface area contributed by atoms with Gasteiger partial charge in [0.05, 0.1) is 17.8 Å². The van der Waals surface area contributed by atoms with Crippen LogP contribution in [0, 0.1) is 11.3 Å². The summed E-state index contributed by atoms with van der Waals surface area (Å²) in [5.74, 6) is -2.78. The highest BCUT2D eigenvalue weighted by Crippen LogP contribution is 2.41. The van der Waals surface area contributed by atoms with Gasteiger partial charge in [-0.05, 0) is 42.4 Å². The number of nitrogens with one attached hydrogen (secondary N) is 1. The van der Waals surface area contributed by atoms with Gasteiger partial charge in [-0.25, -0.2) is 0 Å². The lowest BCUT2D eigenvalue weighted by atomic mass is 9.81. The van der Waals surface area contributed by atoms with E-state index < -0.39 is 23.3 Å². The van der Waals surface area contributed by atoms with Gasteiger partial charge in [-0.1, -0.05) is 74.4 Å². The van der Waals surface area contributed by atoms with E-state index in [2.05, 4.69) is 5.32 Å². The highest BCUT2D eigenvalue weighted by molar-refractivity contribution is 5.87. The van der Waals surface area contributed by atoms with Gasteiger partial charge in [-0.2, -0.15) is 0 Å². The third-order valence-electron chi connectivity index (χ3n) is 6.47. The van der Waals surface area contributed by atoms with E-state index in [-0.39, 0.29) is 24.8 Å². The van der Waals surface area contributed by atoms with Crippen molar-refractivity contribution in [1.29, 1.82) is 0 Å². The fourth-order valence-corrected chi connectivity index (χ4v) is 4.63. The van der Waals surface area contributed by atoms with Crippen LogP contribution in [0.5, 0.6) is 0 Å². The molecule has 2 aromatic rings. The molecule has 1 fully saturated rings. The lowest BCUT2D eigenvalue weighted by molar-refractivity contribution is -0.145. The third-order valence-corrected chi connectivity index (χ3v) is 6.47. The van der Waals surface area contributed by atoms with Gasteiger partial charge in [0.1, 0.15) is 0 Å². The Kier molecular flexibility index (Phi) is 7.67. The zero-order chi connectivity index (χ0) is 23.1. The number of aliphatic carboxylic acids is 2. The molecule has 6 nitrogen and oxygen atoms in total. The van der Waals surface area contributed by atoms with Gasteiger partial charge in [0.25, 0.3) is 0 Å². The number of hydrogen-bond donors (Lipinski definition) is 3. The summed E-state index contributed by atoms with van der Waals surface area (Å²) in [6.07, 6.45) is 3.35. The van der Waals surface area contributed by atoms with Crippen molar-refractivity contribution in [3.8, 4) is 11.1 Å². The van der Waals surface area contributed by atoms with Crippen LogP contribution in [0.4, 0.5) is 0 Å². The summed E-state index contributed by atoms with van der Waals surface area (Å²) in [6, 6.07) is 17.7. The van der Waals surface area contributed by atoms with Gasteiger partial charge >= 0.3 is 11.9 Å². The largest absolute Gasteiger partial charge is 0.481 e. The number of rotatable bonds is 10. The molecule has 0 bridgehead atoms. The van der Waals surface area contributed by atoms with Crippen molar-refractivity contribution in [2.45, 2.75) is 57.9 Å². The van der Waals surface area contributed by atoms with Crippen LogP contribution in [-0.4, -0.2) is 34.1 Å². The average Bonchev–Trinajstić information content (AvgIpc) is 3.24. The van der Waals surface area contributed by atoms with E-state index in [1.165, 1.54) is 0 Å². The Morgan fingerprint density at radius 1 is 0.938 bits per heavy atom. The first-order valence-corrected chi connectivity index (χ1v) is 11.2. The molecule has 1 saturated carbocycles. The standard InChI is InChI=1S/C26H31NO5/c1-18(24(30)31)15-22(27-25(32)26(17-23(28)29)13-5-6-14-26)16-19-9-11-21(12-10-19)20-7-3-2-4-8-20/h2-4,7-12,18,22H,5-6,13-17H2,1H3,(H,27,32)(H,28,29)(H,30,31)/t18-,22?/m1/s1.